The van der Waals surface area contributed by atoms with Crippen LogP contribution in [0, 0.1) is 5.92 Å². The first-order valence-electron chi connectivity index (χ1n) is 9.39. The lowest BCUT2D eigenvalue weighted by atomic mass is 9.92. The molecule has 0 aromatic heterocycles. The van der Waals surface area contributed by atoms with Gasteiger partial charge in [-0.1, -0.05) is 82.3 Å². The van der Waals surface area contributed by atoms with Gasteiger partial charge in [-0.2, -0.15) is 0 Å². The van der Waals surface area contributed by atoms with Gasteiger partial charge < -0.3 is 11.1 Å². The molecule has 0 bridgehead atoms. The summed E-state index contributed by atoms with van der Waals surface area (Å²) in [5, 5.41) is 4.25. The lowest BCUT2D eigenvalue weighted by Gasteiger charge is -2.25. The SMILES string of the molecule is CC(C)c1ccc([C@H]([NH2+][C@@H](C(=O)NC(N)=O)c2ccccc2)C(C)C)cc1. The second-order valence-electron chi connectivity index (χ2n) is 7.53. The zero-order chi connectivity index (χ0) is 20.0. The van der Waals surface area contributed by atoms with Crippen molar-refractivity contribution in [3.05, 3.63) is 71.3 Å². The summed E-state index contributed by atoms with van der Waals surface area (Å²) in [4.78, 5) is 23.9. The van der Waals surface area contributed by atoms with Crippen LogP contribution in [0.3, 0.4) is 0 Å². The molecule has 5 N–H and O–H groups in total. The fourth-order valence-electron chi connectivity index (χ4n) is 3.24. The first-order valence-corrected chi connectivity index (χ1v) is 9.39. The quantitative estimate of drug-likeness (QED) is 0.701. The van der Waals surface area contributed by atoms with Crippen molar-refractivity contribution in [3.63, 3.8) is 0 Å². The molecule has 0 fully saturated rings. The molecule has 0 unspecified atom stereocenters. The number of primary amides is 1. The monoisotopic (exact) mass is 368 g/mol. The molecule has 5 nitrogen and oxygen atoms in total. The van der Waals surface area contributed by atoms with Crippen molar-refractivity contribution in [2.75, 3.05) is 0 Å². The number of urea groups is 1. The maximum absolute atomic E-state index is 12.6. The number of carbonyl (C=O) groups excluding carboxylic acids is 2. The van der Waals surface area contributed by atoms with Gasteiger partial charge in [-0.25, -0.2) is 4.79 Å². The number of hydrogen-bond acceptors (Lipinski definition) is 2. The van der Waals surface area contributed by atoms with E-state index in [1.807, 2.05) is 35.6 Å². The van der Waals surface area contributed by atoms with Gasteiger partial charge in [0.05, 0.1) is 0 Å². The smallest absolute Gasteiger partial charge is 0.319 e. The van der Waals surface area contributed by atoms with Crippen LogP contribution in [0.25, 0.3) is 0 Å². The number of nitrogens with one attached hydrogen (secondary N) is 1. The average Bonchev–Trinajstić information content (AvgIpc) is 2.62. The fourth-order valence-corrected chi connectivity index (χ4v) is 3.24. The van der Waals surface area contributed by atoms with Gasteiger partial charge in [0.1, 0.15) is 6.04 Å². The lowest BCUT2D eigenvalue weighted by molar-refractivity contribution is -0.728. The van der Waals surface area contributed by atoms with E-state index in [0.717, 1.165) is 11.1 Å². The van der Waals surface area contributed by atoms with Crippen molar-refractivity contribution < 1.29 is 14.9 Å². The number of rotatable bonds is 7. The van der Waals surface area contributed by atoms with Crippen LogP contribution >= 0.6 is 0 Å². The Bertz CT molecular complexity index is 755. The van der Waals surface area contributed by atoms with Crippen LogP contribution in [-0.4, -0.2) is 11.9 Å². The predicted octanol–water partition coefficient (Wildman–Crippen LogP) is 3.01. The van der Waals surface area contributed by atoms with Crippen molar-refractivity contribution >= 4 is 11.9 Å². The Balaban J connectivity index is 2.33. The minimum absolute atomic E-state index is 0.0649. The Morgan fingerprint density at radius 3 is 1.89 bits per heavy atom. The van der Waals surface area contributed by atoms with Gasteiger partial charge in [-0.05, 0) is 11.5 Å². The molecule has 0 aliphatic carbocycles. The van der Waals surface area contributed by atoms with E-state index in [1.165, 1.54) is 5.56 Å². The minimum atomic E-state index is -0.836. The molecule has 0 aliphatic heterocycles. The topological polar surface area (TPSA) is 88.8 Å². The Kier molecular flexibility index (Phi) is 7.13. The average molecular weight is 369 g/mol. The number of quaternary nitrogens is 1. The summed E-state index contributed by atoms with van der Waals surface area (Å²) in [6.07, 6.45) is 0. The molecule has 2 aromatic rings. The third-order valence-corrected chi connectivity index (χ3v) is 4.79. The summed E-state index contributed by atoms with van der Waals surface area (Å²) in [6.45, 7) is 8.60. The number of nitrogens with two attached hydrogens (primary N) is 2. The molecule has 0 spiro atoms. The molecule has 2 atom stereocenters. The van der Waals surface area contributed by atoms with Crippen LogP contribution in [0.5, 0.6) is 0 Å². The molecule has 27 heavy (non-hydrogen) atoms. The van der Waals surface area contributed by atoms with Crippen molar-refractivity contribution in [2.45, 2.75) is 45.7 Å². The Morgan fingerprint density at radius 1 is 0.852 bits per heavy atom. The van der Waals surface area contributed by atoms with Gasteiger partial charge in [0.25, 0.3) is 5.91 Å². The van der Waals surface area contributed by atoms with Crippen LogP contribution in [0.15, 0.2) is 54.6 Å². The highest BCUT2D eigenvalue weighted by atomic mass is 16.2. The van der Waals surface area contributed by atoms with Crippen molar-refractivity contribution in [3.8, 4) is 0 Å². The highest BCUT2D eigenvalue weighted by Gasteiger charge is 2.31. The standard InChI is InChI=1S/C22H29N3O2/c1-14(2)16-10-12-18(13-11-16)19(15(3)4)24-20(21(26)25-22(23)27)17-8-6-5-7-9-17/h5-15,19-20,24H,1-4H3,(H3,23,25,26,27)/p+1/t19-,20-/m1/s1. The van der Waals surface area contributed by atoms with Gasteiger partial charge in [0.15, 0.2) is 6.04 Å². The highest BCUT2D eigenvalue weighted by molar-refractivity contribution is 5.96. The van der Waals surface area contributed by atoms with E-state index in [1.54, 1.807) is 0 Å². The minimum Gasteiger partial charge on any atom is -0.351 e. The number of hydrogen-bond donors (Lipinski definition) is 3. The first-order chi connectivity index (χ1) is 12.8. The van der Waals surface area contributed by atoms with Gasteiger partial charge in [-0.15, -0.1) is 0 Å². The molecular weight excluding hydrogens is 338 g/mol. The molecule has 3 amide bonds. The largest absolute Gasteiger partial charge is 0.351 e. The summed E-state index contributed by atoms with van der Waals surface area (Å²) in [5.74, 6) is 0.361. The normalized spacial score (nSPS) is 13.4. The van der Waals surface area contributed by atoms with Crippen molar-refractivity contribution in [2.24, 2.45) is 11.7 Å². The van der Waals surface area contributed by atoms with E-state index in [9.17, 15) is 9.59 Å². The molecule has 0 saturated carbocycles. The Morgan fingerprint density at radius 2 is 1.41 bits per heavy atom. The maximum atomic E-state index is 12.6. The lowest BCUT2D eigenvalue weighted by Crippen LogP contribution is -2.89. The molecule has 0 aliphatic rings. The summed E-state index contributed by atoms with van der Waals surface area (Å²) in [6, 6.07) is 16.7. The maximum Gasteiger partial charge on any atom is 0.319 e. The summed E-state index contributed by atoms with van der Waals surface area (Å²) in [7, 11) is 0. The van der Waals surface area contributed by atoms with Gasteiger partial charge in [0, 0.05) is 17.0 Å². The molecule has 144 valence electrons. The van der Waals surface area contributed by atoms with Crippen LogP contribution in [0.1, 0.15) is 62.4 Å². The van der Waals surface area contributed by atoms with Crippen LogP contribution < -0.4 is 16.4 Å². The second-order valence-corrected chi connectivity index (χ2v) is 7.53. The third kappa shape index (κ3) is 5.66. The number of benzene rings is 2. The zero-order valence-electron chi connectivity index (χ0n) is 16.5. The number of carbonyl (C=O) groups is 2. The molecular formula is C22H30N3O2+. The van der Waals surface area contributed by atoms with Crippen molar-refractivity contribution in [1.29, 1.82) is 0 Å². The van der Waals surface area contributed by atoms with Gasteiger partial charge >= 0.3 is 6.03 Å². The van der Waals surface area contributed by atoms with E-state index in [-0.39, 0.29) is 6.04 Å². The zero-order valence-corrected chi connectivity index (χ0v) is 16.5. The molecule has 2 rings (SSSR count). The van der Waals surface area contributed by atoms with E-state index in [4.69, 9.17) is 5.73 Å². The third-order valence-electron chi connectivity index (χ3n) is 4.79. The van der Waals surface area contributed by atoms with Gasteiger partial charge in [0.2, 0.25) is 0 Å². The molecule has 0 heterocycles. The Hall–Kier alpha value is -2.66. The van der Waals surface area contributed by atoms with E-state index < -0.39 is 18.0 Å². The fraction of sp³-hybridized carbons (Fsp3) is 0.364. The van der Waals surface area contributed by atoms with Gasteiger partial charge in [-0.3, -0.25) is 10.1 Å². The molecule has 0 radical (unpaired) electrons. The van der Waals surface area contributed by atoms with E-state index in [0.29, 0.717) is 11.8 Å². The van der Waals surface area contributed by atoms with E-state index in [2.05, 4.69) is 57.3 Å². The van der Waals surface area contributed by atoms with Crippen molar-refractivity contribution in [1.82, 2.24) is 5.32 Å². The molecule has 2 aromatic carbocycles. The predicted molar refractivity (Wildman–Crippen MR) is 107 cm³/mol. The summed E-state index contributed by atoms with van der Waals surface area (Å²) in [5.41, 5.74) is 8.44. The second kappa shape index (κ2) is 9.33. The summed E-state index contributed by atoms with van der Waals surface area (Å²) < 4.78 is 0. The number of amides is 3. The van der Waals surface area contributed by atoms with Crippen LogP contribution in [-0.2, 0) is 4.79 Å². The Labute approximate surface area is 161 Å². The molecule has 0 saturated heterocycles. The summed E-state index contributed by atoms with van der Waals surface area (Å²) >= 11 is 0. The number of imide groups is 1. The van der Waals surface area contributed by atoms with E-state index >= 15 is 0 Å². The van der Waals surface area contributed by atoms with Crippen LogP contribution in [0.4, 0.5) is 4.79 Å². The first kappa shape index (κ1) is 20.6. The molecule has 5 heteroatoms. The van der Waals surface area contributed by atoms with Crippen LogP contribution in [0.2, 0.25) is 0 Å². The highest BCUT2D eigenvalue weighted by Crippen LogP contribution is 2.23.